The van der Waals surface area contributed by atoms with Crippen molar-refractivity contribution < 1.29 is 4.42 Å². The summed E-state index contributed by atoms with van der Waals surface area (Å²) in [6.07, 6.45) is 3.41. The Morgan fingerprint density at radius 3 is 3.09 bits per heavy atom. The van der Waals surface area contributed by atoms with Crippen LogP contribution in [-0.2, 0) is 0 Å². The molecule has 0 atom stereocenters. The predicted molar refractivity (Wildman–Crippen MR) is 43.9 cm³/mol. The lowest BCUT2D eigenvalue weighted by Gasteiger charge is -1.83. The fourth-order valence-corrected chi connectivity index (χ4v) is 0.690. The van der Waals surface area contributed by atoms with E-state index in [-0.39, 0.29) is 0 Å². The molecule has 0 aliphatic rings. The zero-order valence-corrected chi connectivity index (χ0v) is 6.34. The van der Waals surface area contributed by atoms with Crippen molar-refractivity contribution in [1.82, 2.24) is 0 Å². The molecule has 0 aromatic carbocycles. The zero-order chi connectivity index (χ0) is 7.94. The van der Waals surface area contributed by atoms with Gasteiger partial charge >= 0.3 is 0 Å². The largest absolute Gasteiger partial charge is 0.456 e. The van der Waals surface area contributed by atoms with Crippen molar-refractivity contribution >= 4 is 0 Å². The van der Waals surface area contributed by atoms with Crippen LogP contribution in [0.4, 0.5) is 0 Å². The molecule has 1 rings (SSSR count). The van der Waals surface area contributed by atoms with Crippen molar-refractivity contribution in [1.29, 1.82) is 0 Å². The molecule has 0 spiro atoms. The first kappa shape index (κ1) is 7.90. The molecule has 2 heteroatoms. The summed E-state index contributed by atoms with van der Waals surface area (Å²) in [5.41, 5.74) is 5.30. The Labute approximate surface area is 66.4 Å². The van der Waals surface area contributed by atoms with Crippen LogP contribution in [0.5, 0.6) is 0 Å². The van der Waals surface area contributed by atoms with Crippen molar-refractivity contribution in [3.63, 3.8) is 0 Å². The Morgan fingerprint density at radius 1 is 1.55 bits per heavy atom. The van der Waals surface area contributed by atoms with Crippen molar-refractivity contribution in [3.05, 3.63) is 24.2 Å². The molecule has 0 amide bonds. The Morgan fingerprint density at radius 2 is 2.45 bits per heavy atom. The Bertz CT molecular complexity index is 240. The average Bonchev–Trinajstić information content (AvgIpc) is 2.50. The van der Waals surface area contributed by atoms with Crippen LogP contribution >= 0.6 is 0 Å². The highest BCUT2D eigenvalue weighted by Gasteiger charge is 1.84. The minimum atomic E-state index is 0.701. The lowest BCUT2D eigenvalue weighted by atomic mass is 10.3. The van der Waals surface area contributed by atoms with Crippen LogP contribution in [0.1, 0.15) is 18.6 Å². The van der Waals surface area contributed by atoms with Crippen molar-refractivity contribution in [3.8, 4) is 11.8 Å². The van der Waals surface area contributed by atoms with E-state index >= 15 is 0 Å². The fourth-order valence-electron chi connectivity index (χ4n) is 0.690. The molecule has 1 aromatic rings. The van der Waals surface area contributed by atoms with Gasteiger partial charge in [0, 0.05) is 6.42 Å². The van der Waals surface area contributed by atoms with E-state index in [1.807, 2.05) is 12.1 Å². The third-order valence-corrected chi connectivity index (χ3v) is 1.24. The van der Waals surface area contributed by atoms with E-state index in [0.29, 0.717) is 6.54 Å². The molecule has 2 N–H and O–H groups in total. The highest BCUT2D eigenvalue weighted by molar-refractivity contribution is 5.23. The van der Waals surface area contributed by atoms with Gasteiger partial charge in [0.25, 0.3) is 0 Å². The van der Waals surface area contributed by atoms with E-state index in [2.05, 4.69) is 11.8 Å². The smallest absolute Gasteiger partial charge is 0.176 e. The van der Waals surface area contributed by atoms with Crippen LogP contribution < -0.4 is 5.73 Å². The maximum atomic E-state index is 5.30. The van der Waals surface area contributed by atoms with Crippen molar-refractivity contribution in [2.24, 2.45) is 5.73 Å². The van der Waals surface area contributed by atoms with Gasteiger partial charge < -0.3 is 10.2 Å². The van der Waals surface area contributed by atoms with Gasteiger partial charge in [-0.2, -0.15) is 0 Å². The van der Waals surface area contributed by atoms with E-state index in [1.165, 1.54) is 0 Å². The molecule has 1 aromatic heterocycles. The number of nitrogens with two attached hydrogens (primary N) is 1. The summed E-state index contributed by atoms with van der Waals surface area (Å²) >= 11 is 0. The van der Waals surface area contributed by atoms with Crippen molar-refractivity contribution in [2.45, 2.75) is 12.8 Å². The van der Waals surface area contributed by atoms with Crippen molar-refractivity contribution in [2.75, 3.05) is 6.54 Å². The number of hydrogen-bond acceptors (Lipinski definition) is 2. The number of furan rings is 1. The minimum Gasteiger partial charge on any atom is -0.456 e. The van der Waals surface area contributed by atoms with Gasteiger partial charge in [-0.05, 0) is 31.0 Å². The average molecular weight is 149 g/mol. The molecular formula is C9H11NO. The molecule has 0 saturated heterocycles. The maximum absolute atomic E-state index is 5.30. The van der Waals surface area contributed by atoms with Crippen LogP contribution in [0.25, 0.3) is 0 Å². The summed E-state index contributed by atoms with van der Waals surface area (Å²) in [6.45, 7) is 0.701. The van der Waals surface area contributed by atoms with Crippen LogP contribution in [0.2, 0.25) is 0 Å². The predicted octanol–water partition coefficient (Wildman–Crippen LogP) is 1.37. The fraction of sp³-hybridized carbons (Fsp3) is 0.333. The third-order valence-electron chi connectivity index (χ3n) is 1.24. The van der Waals surface area contributed by atoms with Crippen LogP contribution in [-0.4, -0.2) is 6.54 Å². The summed E-state index contributed by atoms with van der Waals surface area (Å²) in [5, 5.41) is 0. The lowest BCUT2D eigenvalue weighted by molar-refractivity contribution is 0.554. The number of unbranched alkanes of at least 4 members (excludes halogenated alkanes) is 1. The molecule has 58 valence electrons. The molecular weight excluding hydrogens is 138 g/mol. The molecule has 0 aliphatic carbocycles. The molecule has 0 bridgehead atoms. The molecule has 0 fully saturated rings. The molecule has 11 heavy (non-hydrogen) atoms. The van der Waals surface area contributed by atoms with Gasteiger partial charge in [-0.25, -0.2) is 0 Å². The SMILES string of the molecule is NCCCC#Cc1ccco1. The van der Waals surface area contributed by atoms with E-state index in [0.717, 1.165) is 18.6 Å². The summed E-state index contributed by atoms with van der Waals surface area (Å²) < 4.78 is 5.01. The summed E-state index contributed by atoms with van der Waals surface area (Å²) in [7, 11) is 0. The third kappa shape index (κ3) is 2.92. The first-order valence-electron chi connectivity index (χ1n) is 3.66. The van der Waals surface area contributed by atoms with Gasteiger partial charge in [-0.15, -0.1) is 0 Å². The second kappa shape index (κ2) is 4.59. The van der Waals surface area contributed by atoms with E-state index in [4.69, 9.17) is 10.2 Å². The molecule has 0 radical (unpaired) electrons. The second-order valence-corrected chi connectivity index (χ2v) is 2.17. The quantitative estimate of drug-likeness (QED) is 0.509. The first-order chi connectivity index (χ1) is 5.43. The van der Waals surface area contributed by atoms with Gasteiger partial charge in [0.2, 0.25) is 0 Å². The van der Waals surface area contributed by atoms with Gasteiger partial charge in [0.15, 0.2) is 5.76 Å². The van der Waals surface area contributed by atoms with Gasteiger partial charge in [0.1, 0.15) is 0 Å². The number of rotatable bonds is 2. The highest BCUT2D eigenvalue weighted by Crippen LogP contribution is 1.96. The maximum Gasteiger partial charge on any atom is 0.176 e. The van der Waals surface area contributed by atoms with Gasteiger partial charge in [-0.1, -0.05) is 5.92 Å². The second-order valence-electron chi connectivity index (χ2n) is 2.17. The van der Waals surface area contributed by atoms with E-state index < -0.39 is 0 Å². The van der Waals surface area contributed by atoms with Crippen LogP contribution in [0.15, 0.2) is 22.8 Å². The zero-order valence-electron chi connectivity index (χ0n) is 6.34. The molecule has 0 unspecified atom stereocenters. The summed E-state index contributed by atoms with van der Waals surface area (Å²) in [5.74, 6) is 6.58. The molecule has 0 saturated carbocycles. The molecule has 2 nitrogen and oxygen atoms in total. The molecule has 0 aliphatic heterocycles. The minimum absolute atomic E-state index is 0.701. The lowest BCUT2D eigenvalue weighted by Crippen LogP contribution is -1.96. The summed E-state index contributed by atoms with van der Waals surface area (Å²) in [6, 6.07) is 3.67. The Hall–Kier alpha value is -1.20. The summed E-state index contributed by atoms with van der Waals surface area (Å²) in [4.78, 5) is 0. The number of hydrogen-bond donors (Lipinski definition) is 1. The van der Waals surface area contributed by atoms with Crippen LogP contribution in [0, 0.1) is 11.8 Å². The van der Waals surface area contributed by atoms with Gasteiger partial charge in [0.05, 0.1) is 6.26 Å². The Balaban J connectivity index is 2.33. The standard InChI is InChI=1S/C9H11NO/c10-7-3-1-2-5-9-6-4-8-11-9/h4,6,8H,1,3,7,10H2. The highest BCUT2D eigenvalue weighted by atomic mass is 16.3. The van der Waals surface area contributed by atoms with E-state index in [9.17, 15) is 0 Å². The van der Waals surface area contributed by atoms with Gasteiger partial charge in [-0.3, -0.25) is 0 Å². The monoisotopic (exact) mass is 149 g/mol. The molecule has 1 heterocycles. The van der Waals surface area contributed by atoms with Crippen LogP contribution in [0.3, 0.4) is 0 Å². The normalized spacial score (nSPS) is 8.82. The first-order valence-corrected chi connectivity index (χ1v) is 3.66. The topological polar surface area (TPSA) is 39.2 Å². The Kier molecular flexibility index (Phi) is 3.30. The van der Waals surface area contributed by atoms with E-state index in [1.54, 1.807) is 6.26 Å².